The van der Waals surface area contributed by atoms with Gasteiger partial charge in [0.2, 0.25) is 17.4 Å². The van der Waals surface area contributed by atoms with Crippen molar-refractivity contribution in [3.05, 3.63) is 18.2 Å². The molecule has 0 aliphatic carbocycles. The van der Waals surface area contributed by atoms with E-state index in [-0.39, 0.29) is 12.5 Å². The molecular weight excluding hydrogens is 341 g/mol. The van der Waals surface area contributed by atoms with Crippen LogP contribution >= 0.6 is 0 Å². The Kier molecular flexibility index (Phi) is 6.58. The Balaban J connectivity index is 2.97. The molecule has 0 bridgehead atoms. The second-order valence-electron chi connectivity index (χ2n) is 5.71. The number of alkyl halides is 3. The standard InChI is InChI=1S/C15H23F3N4O3/c1-5-22(6-2)12(24)10-21(4)11(23)9-14(25,15(16,17)18)13-19-7-8-20(13)3/h7-8,25H,5-6,9-10H2,1-4H3. The van der Waals surface area contributed by atoms with E-state index in [9.17, 15) is 27.9 Å². The number of aliphatic hydroxyl groups is 1. The lowest BCUT2D eigenvalue weighted by atomic mass is 9.96. The van der Waals surface area contributed by atoms with Crippen LogP contribution in [0.2, 0.25) is 0 Å². The number of hydrogen-bond donors (Lipinski definition) is 1. The molecule has 1 rings (SSSR count). The van der Waals surface area contributed by atoms with Crippen LogP contribution in [0.5, 0.6) is 0 Å². The van der Waals surface area contributed by atoms with Gasteiger partial charge in [0, 0.05) is 39.6 Å². The minimum Gasteiger partial charge on any atom is -0.374 e. The molecule has 0 radical (unpaired) electrons. The molecule has 1 aromatic rings. The molecule has 1 atom stereocenters. The summed E-state index contributed by atoms with van der Waals surface area (Å²) in [6, 6.07) is 0. The fraction of sp³-hybridized carbons (Fsp3) is 0.667. The summed E-state index contributed by atoms with van der Waals surface area (Å²) in [4.78, 5) is 30.1. The van der Waals surface area contributed by atoms with Gasteiger partial charge in [0.05, 0.1) is 13.0 Å². The number of amides is 2. The van der Waals surface area contributed by atoms with Crippen molar-refractivity contribution >= 4 is 11.8 Å². The van der Waals surface area contributed by atoms with Crippen LogP contribution in [0.25, 0.3) is 0 Å². The maximum absolute atomic E-state index is 13.4. The van der Waals surface area contributed by atoms with E-state index in [1.54, 1.807) is 13.8 Å². The van der Waals surface area contributed by atoms with Gasteiger partial charge in [-0.25, -0.2) is 4.98 Å². The normalized spacial score (nSPS) is 14.1. The molecule has 1 N–H and O–H groups in total. The molecule has 2 amide bonds. The highest BCUT2D eigenvalue weighted by atomic mass is 19.4. The molecule has 142 valence electrons. The van der Waals surface area contributed by atoms with Crippen molar-refractivity contribution in [3.63, 3.8) is 0 Å². The zero-order chi connectivity index (χ0) is 19.4. The van der Waals surface area contributed by atoms with E-state index in [1.807, 2.05) is 0 Å². The minimum absolute atomic E-state index is 0.366. The van der Waals surface area contributed by atoms with Gasteiger partial charge in [-0.1, -0.05) is 0 Å². The van der Waals surface area contributed by atoms with Gasteiger partial charge in [-0.05, 0) is 13.8 Å². The Hall–Kier alpha value is -2.10. The summed E-state index contributed by atoms with van der Waals surface area (Å²) in [5, 5.41) is 10.2. The molecule has 0 spiro atoms. The Morgan fingerprint density at radius 3 is 2.20 bits per heavy atom. The number of likely N-dealkylation sites (N-methyl/N-ethyl adjacent to an activating group) is 2. The van der Waals surface area contributed by atoms with Gasteiger partial charge in [-0.3, -0.25) is 9.59 Å². The summed E-state index contributed by atoms with van der Waals surface area (Å²) in [7, 11) is 2.51. The monoisotopic (exact) mass is 364 g/mol. The predicted molar refractivity (Wildman–Crippen MR) is 83.3 cm³/mol. The highest BCUT2D eigenvalue weighted by Crippen LogP contribution is 2.41. The van der Waals surface area contributed by atoms with E-state index < -0.39 is 29.9 Å². The summed E-state index contributed by atoms with van der Waals surface area (Å²) in [5.74, 6) is -2.08. The number of carbonyl (C=O) groups excluding carboxylic acids is 2. The van der Waals surface area contributed by atoms with Crippen molar-refractivity contribution < 1.29 is 27.9 Å². The lowest BCUT2D eigenvalue weighted by molar-refractivity contribution is -0.271. The quantitative estimate of drug-likeness (QED) is 0.779. The molecule has 1 aromatic heterocycles. The first-order valence-corrected chi connectivity index (χ1v) is 7.76. The van der Waals surface area contributed by atoms with Gasteiger partial charge >= 0.3 is 6.18 Å². The van der Waals surface area contributed by atoms with Gasteiger partial charge in [0.25, 0.3) is 0 Å². The van der Waals surface area contributed by atoms with Crippen molar-refractivity contribution in [2.24, 2.45) is 7.05 Å². The molecule has 1 heterocycles. The number of halogens is 3. The number of aromatic nitrogens is 2. The first-order chi connectivity index (χ1) is 11.5. The zero-order valence-electron chi connectivity index (χ0n) is 14.7. The maximum Gasteiger partial charge on any atom is 0.425 e. The maximum atomic E-state index is 13.4. The largest absolute Gasteiger partial charge is 0.425 e. The van der Waals surface area contributed by atoms with Crippen molar-refractivity contribution in [1.29, 1.82) is 0 Å². The average Bonchev–Trinajstić information content (AvgIpc) is 2.93. The Morgan fingerprint density at radius 2 is 1.80 bits per heavy atom. The summed E-state index contributed by atoms with van der Waals surface area (Å²) in [6.07, 6.45) is -4.02. The Morgan fingerprint density at radius 1 is 1.24 bits per heavy atom. The van der Waals surface area contributed by atoms with Crippen LogP contribution in [0.3, 0.4) is 0 Å². The topological polar surface area (TPSA) is 78.7 Å². The van der Waals surface area contributed by atoms with Crippen LogP contribution in [-0.4, -0.2) is 69.1 Å². The zero-order valence-corrected chi connectivity index (χ0v) is 14.7. The molecule has 0 aromatic carbocycles. The van der Waals surface area contributed by atoms with Crippen LogP contribution < -0.4 is 0 Å². The average molecular weight is 364 g/mol. The highest BCUT2D eigenvalue weighted by molar-refractivity contribution is 5.85. The molecule has 0 saturated carbocycles. The van der Waals surface area contributed by atoms with Crippen LogP contribution in [-0.2, 0) is 22.2 Å². The van der Waals surface area contributed by atoms with E-state index in [0.29, 0.717) is 13.1 Å². The van der Waals surface area contributed by atoms with Crippen molar-refractivity contribution in [3.8, 4) is 0 Å². The van der Waals surface area contributed by atoms with Crippen molar-refractivity contribution in [2.45, 2.75) is 32.0 Å². The molecule has 0 aliphatic rings. The third kappa shape index (κ3) is 4.50. The van der Waals surface area contributed by atoms with E-state index >= 15 is 0 Å². The summed E-state index contributed by atoms with van der Waals surface area (Å²) < 4.78 is 41.3. The third-order valence-corrected chi connectivity index (χ3v) is 3.98. The molecule has 7 nitrogen and oxygen atoms in total. The van der Waals surface area contributed by atoms with Crippen LogP contribution in [0.1, 0.15) is 26.1 Å². The number of rotatable bonds is 7. The molecule has 0 fully saturated rings. The van der Waals surface area contributed by atoms with Crippen LogP contribution in [0.15, 0.2) is 12.4 Å². The number of imidazole rings is 1. The van der Waals surface area contributed by atoms with E-state index in [4.69, 9.17) is 0 Å². The molecule has 1 unspecified atom stereocenters. The summed E-state index contributed by atoms with van der Waals surface area (Å²) in [6.45, 7) is 4.00. The molecule has 25 heavy (non-hydrogen) atoms. The van der Waals surface area contributed by atoms with E-state index in [2.05, 4.69) is 4.98 Å². The molecular formula is C15H23F3N4O3. The van der Waals surface area contributed by atoms with Crippen LogP contribution in [0.4, 0.5) is 13.2 Å². The van der Waals surface area contributed by atoms with Gasteiger partial charge in [-0.2, -0.15) is 13.2 Å². The van der Waals surface area contributed by atoms with Gasteiger partial charge in [-0.15, -0.1) is 0 Å². The molecule has 0 saturated heterocycles. The molecule has 10 heteroatoms. The van der Waals surface area contributed by atoms with E-state index in [0.717, 1.165) is 15.7 Å². The summed E-state index contributed by atoms with van der Waals surface area (Å²) in [5.41, 5.74) is -3.44. The Bertz CT molecular complexity index is 613. The van der Waals surface area contributed by atoms with Gasteiger partial charge in [0.15, 0.2) is 5.82 Å². The van der Waals surface area contributed by atoms with Gasteiger partial charge in [0.1, 0.15) is 0 Å². The fourth-order valence-corrected chi connectivity index (χ4v) is 2.39. The van der Waals surface area contributed by atoms with Crippen molar-refractivity contribution in [2.75, 3.05) is 26.7 Å². The second-order valence-corrected chi connectivity index (χ2v) is 5.71. The van der Waals surface area contributed by atoms with Crippen molar-refractivity contribution in [1.82, 2.24) is 19.4 Å². The van der Waals surface area contributed by atoms with Gasteiger partial charge < -0.3 is 19.5 Å². The molecule has 0 aliphatic heterocycles. The van der Waals surface area contributed by atoms with E-state index in [1.165, 1.54) is 25.2 Å². The third-order valence-electron chi connectivity index (χ3n) is 3.98. The smallest absolute Gasteiger partial charge is 0.374 e. The minimum atomic E-state index is -5.11. The fourth-order valence-electron chi connectivity index (χ4n) is 2.39. The number of aryl methyl sites for hydroxylation is 1. The second kappa shape index (κ2) is 7.85. The first kappa shape index (κ1) is 20.9. The van der Waals surface area contributed by atoms with Crippen LogP contribution in [0, 0.1) is 0 Å². The number of hydrogen-bond acceptors (Lipinski definition) is 4. The SMILES string of the molecule is CCN(CC)C(=O)CN(C)C(=O)CC(O)(c1nccn1C)C(F)(F)F. The Labute approximate surface area is 144 Å². The lowest BCUT2D eigenvalue weighted by Gasteiger charge is -2.31. The first-order valence-electron chi connectivity index (χ1n) is 7.76. The highest BCUT2D eigenvalue weighted by Gasteiger charge is 2.58. The summed E-state index contributed by atoms with van der Waals surface area (Å²) >= 11 is 0. The number of carbonyl (C=O) groups is 2. The number of nitrogens with zero attached hydrogens (tertiary/aromatic N) is 4. The lowest BCUT2D eigenvalue weighted by Crippen LogP contribution is -2.49. The predicted octanol–water partition coefficient (Wildman–Crippen LogP) is 0.887.